The molecule has 1 aromatic heterocycles. The summed E-state index contributed by atoms with van der Waals surface area (Å²) in [5.74, 6) is 0.344. The number of nitrogens with zero attached hydrogens (tertiary/aromatic N) is 2. The van der Waals surface area contributed by atoms with Gasteiger partial charge >= 0.3 is 0 Å². The minimum absolute atomic E-state index is 0.128. The molecule has 2 aromatic rings. The first-order valence-corrected chi connectivity index (χ1v) is 7.36. The molecule has 0 amide bonds. The van der Waals surface area contributed by atoms with E-state index in [2.05, 4.69) is 18.9 Å². The molecule has 0 aliphatic rings. The molecule has 0 spiro atoms. The third kappa shape index (κ3) is 3.71. The van der Waals surface area contributed by atoms with Crippen LogP contribution in [0.25, 0.3) is 0 Å². The first-order valence-electron chi connectivity index (χ1n) is 6.98. The topological polar surface area (TPSA) is 60.9 Å². The number of hydrogen-bond acceptors (Lipinski definition) is 3. The standard InChI is InChI=1S/C16H20ClN3O/c1-10(2)9-20-16(21)14(8-11(3)19-20)15(18)12-4-6-13(17)7-5-12/h4-8,10,15H,9,18H2,1-3H3. The molecule has 5 heteroatoms. The van der Waals surface area contributed by atoms with Crippen LogP contribution in [0.4, 0.5) is 0 Å². The van der Waals surface area contributed by atoms with Gasteiger partial charge in [0.15, 0.2) is 0 Å². The maximum atomic E-state index is 12.5. The number of benzene rings is 1. The predicted molar refractivity (Wildman–Crippen MR) is 85.6 cm³/mol. The van der Waals surface area contributed by atoms with Gasteiger partial charge in [0, 0.05) is 17.1 Å². The first kappa shape index (κ1) is 15.7. The zero-order valence-electron chi connectivity index (χ0n) is 12.5. The summed E-state index contributed by atoms with van der Waals surface area (Å²) in [5, 5.41) is 4.94. The second kappa shape index (κ2) is 6.41. The molecular weight excluding hydrogens is 286 g/mol. The van der Waals surface area contributed by atoms with Crippen LogP contribution >= 0.6 is 11.6 Å². The molecule has 0 saturated heterocycles. The van der Waals surface area contributed by atoms with E-state index in [1.807, 2.05) is 19.1 Å². The lowest BCUT2D eigenvalue weighted by atomic mass is 10.0. The quantitative estimate of drug-likeness (QED) is 0.944. The Bertz CT molecular complexity index is 677. The van der Waals surface area contributed by atoms with E-state index < -0.39 is 6.04 Å². The molecule has 21 heavy (non-hydrogen) atoms. The SMILES string of the molecule is Cc1cc(C(N)c2ccc(Cl)cc2)c(=O)n(CC(C)C)n1. The highest BCUT2D eigenvalue weighted by Gasteiger charge is 2.16. The van der Waals surface area contributed by atoms with E-state index in [-0.39, 0.29) is 5.56 Å². The molecule has 1 unspecified atom stereocenters. The summed E-state index contributed by atoms with van der Waals surface area (Å²) in [6.45, 7) is 6.56. The van der Waals surface area contributed by atoms with Crippen LogP contribution in [0.2, 0.25) is 5.02 Å². The van der Waals surface area contributed by atoms with E-state index in [9.17, 15) is 4.79 Å². The fraction of sp³-hybridized carbons (Fsp3) is 0.375. The summed E-state index contributed by atoms with van der Waals surface area (Å²) in [6.07, 6.45) is 0. The van der Waals surface area contributed by atoms with Crippen molar-refractivity contribution in [3.63, 3.8) is 0 Å². The molecule has 1 aromatic carbocycles. The molecule has 1 atom stereocenters. The molecule has 2 rings (SSSR count). The van der Waals surface area contributed by atoms with E-state index in [4.69, 9.17) is 17.3 Å². The van der Waals surface area contributed by atoms with Gasteiger partial charge in [0.05, 0.1) is 11.7 Å². The van der Waals surface area contributed by atoms with Gasteiger partial charge in [-0.2, -0.15) is 5.10 Å². The third-order valence-electron chi connectivity index (χ3n) is 3.23. The number of aromatic nitrogens is 2. The van der Waals surface area contributed by atoms with E-state index in [0.29, 0.717) is 23.0 Å². The molecule has 0 bridgehead atoms. The summed E-state index contributed by atoms with van der Waals surface area (Å²) in [4.78, 5) is 12.5. The van der Waals surface area contributed by atoms with Crippen LogP contribution in [0, 0.1) is 12.8 Å². The summed E-state index contributed by atoms with van der Waals surface area (Å²) >= 11 is 5.88. The lowest BCUT2D eigenvalue weighted by Gasteiger charge is -2.15. The molecule has 112 valence electrons. The van der Waals surface area contributed by atoms with Crippen molar-refractivity contribution < 1.29 is 0 Å². The second-order valence-electron chi connectivity index (χ2n) is 5.65. The zero-order chi connectivity index (χ0) is 15.6. The van der Waals surface area contributed by atoms with E-state index >= 15 is 0 Å². The number of hydrogen-bond donors (Lipinski definition) is 1. The van der Waals surface area contributed by atoms with Crippen molar-refractivity contribution in [2.24, 2.45) is 11.7 Å². The smallest absolute Gasteiger partial charge is 0.271 e. The highest BCUT2D eigenvalue weighted by molar-refractivity contribution is 6.30. The van der Waals surface area contributed by atoms with Crippen molar-refractivity contribution in [3.05, 3.63) is 62.5 Å². The molecule has 0 radical (unpaired) electrons. The van der Waals surface area contributed by atoms with Crippen LogP contribution in [-0.4, -0.2) is 9.78 Å². The number of nitrogens with two attached hydrogens (primary N) is 1. The normalized spacial score (nSPS) is 12.7. The summed E-state index contributed by atoms with van der Waals surface area (Å²) in [6, 6.07) is 8.52. The maximum Gasteiger partial charge on any atom is 0.271 e. The van der Waals surface area contributed by atoms with Crippen LogP contribution in [-0.2, 0) is 6.54 Å². The lowest BCUT2D eigenvalue weighted by Crippen LogP contribution is -2.32. The van der Waals surface area contributed by atoms with Crippen LogP contribution in [0.3, 0.4) is 0 Å². The summed E-state index contributed by atoms with van der Waals surface area (Å²) in [5.41, 5.74) is 8.33. The third-order valence-corrected chi connectivity index (χ3v) is 3.48. The van der Waals surface area contributed by atoms with Gasteiger partial charge < -0.3 is 5.73 Å². The van der Waals surface area contributed by atoms with Gasteiger partial charge in [-0.1, -0.05) is 37.6 Å². The Hall–Kier alpha value is -1.65. The Balaban J connectivity index is 2.45. The highest BCUT2D eigenvalue weighted by atomic mass is 35.5. The Morgan fingerprint density at radius 2 is 1.90 bits per heavy atom. The zero-order valence-corrected chi connectivity index (χ0v) is 13.3. The minimum atomic E-state index is -0.477. The molecule has 0 fully saturated rings. The largest absolute Gasteiger partial charge is 0.320 e. The van der Waals surface area contributed by atoms with Crippen molar-refractivity contribution in [3.8, 4) is 0 Å². The van der Waals surface area contributed by atoms with Crippen molar-refractivity contribution in [2.45, 2.75) is 33.4 Å². The molecule has 1 heterocycles. The molecular formula is C16H20ClN3O. The number of aryl methyl sites for hydroxylation is 1. The van der Waals surface area contributed by atoms with E-state index in [1.54, 1.807) is 18.2 Å². The van der Waals surface area contributed by atoms with Crippen molar-refractivity contribution in [1.82, 2.24) is 9.78 Å². The van der Waals surface area contributed by atoms with E-state index in [1.165, 1.54) is 4.68 Å². The number of halogens is 1. The first-order chi connectivity index (χ1) is 9.88. The average Bonchev–Trinajstić information content (AvgIpc) is 2.42. The van der Waals surface area contributed by atoms with Gasteiger partial charge in [-0.05, 0) is 36.6 Å². The maximum absolute atomic E-state index is 12.5. The Morgan fingerprint density at radius 1 is 1.29 bits per heavy atom. The second-order valence-corrected chi connectivity index (χ2v) is 6.09. The Morgan fingerprint density at radius 3 is 2.48 bits per heavy atom. The van der Waals surface area contributed by atoms with Crippen molar-refractivity contribution in [2.75, 3.05) is 0 Å². The minimum Gasteiger partial charge on any atom is -0.320 e. The van der Waals surface area contributed by atoms with Crippen molar-refractivity contribution in [1.29, 1.82) is 0 Å². The predicted octanol–water partition coefficient (Wildman–Crippen LogP) is 2.91. The molecule has 0 aliphatic carbocycles. The van der Waals surface area contributed by atoms with Gasteiger partial charge in [0.2, 0.25) is 0 Å². The monoisotopic (exact) mass is 305 g/mol. The van der Waals surface area contributed by atoms with Crippen LogP contribution in [0.15, 0.2) is 35.1 Å². The summed E-state index contributed by atoms with van der Waals surface area (Å²) < 4.78 is 1.51. The highest BCUT2D eigenvalue weighted by Crippen LogP contribution is 2.19. The fourth-order valence-corrected chi connectivity index (χ4v) is 2.37. The average molecular weight is 306 g/mol. The molecule has 4 nitrogen and oxygen atoms in total. The van der Waals surface area contributed by atoms with Gasteiger partial charge in [-0.25, -0.2) is 4.68 Å². The van der Waals surface area contributed by atoms with Gasteiger partial charge in [-0.15, -0.1) is 0 Å². The van der Waals surface area contributed by atoms with Crippen LogP contribution in [0.5, 0.6) is 0 Å². The molecule has 0 saturated carbocycles. The fourth-order valence-electron chi connectivity index (χ4n) is 2.24. The van der Waals surface area contributed by atoms with Gasteiger partial charge in [0.25, 0.3) is 5.56 Å². The van der Waals surface area contributed by atoms with Gasteiger partial charge in [-0.3, -0.25) is 4.79 Å². The van der Waals surface area contributed by atoms with Crippen molar-refractivity contribution >= 4 is 11.6 Å². The lowest BCUT2D eigenvalue weighted by molar-refractivity contribution is 0.456. The number of rotatable bonds is 4. The Kier molecular flexibility index (Phi) is 4.80. The van der Waals surface area contributed by atoms with Crippen LogP contribution < -0.4 is 11.3 Å². The molecule has 0 aliphatic heterocycles. The van der Waals surface area contributed by atoms with Gasteiger partial charge in [0.1, 0.15) is 0 Å². The van der Waals surface area contributed by atoms with E-state index in [0.717, 1.165) is 11.3 Å². The summed E-state index contributed by atoms with van der Waals surface area (Å²) in [7, 11) is 0. The molecule has 2 N–H and O–H groups in total. The van der Waals surface area contributed by atoms with Crippen LogP contribution in [0.1, 0.15) is 36.7 Å². The Labute approximate surface area is 129 Å².